The second kappa shape index (κ2) is 3.58. The van der Waals surface area contributed by atoms with Gasteiger partial charge in [0, 0.05) is 5.92 Å². The Morgan fingerprint density at radius 2 is 2.00 bits per heavy atom. The minimum atomic E-state index is -1.19. The van der Waals surface area contributed by atoms with E-state index in [4.69, 9.17) is 10.2 Å². The Kier molecular flexibility index (Phi) is 3.42. The molecule has 0 aromatic heterocycles. The number of carbonyl (C=O) groups is 1. The Labute approximate surface area is 54.3 Å². The van der Waals surface area contributed by atoms with Gasteiger partial charge in [0.2, 0.25) is 0 Å². The maximum absolute atomic E-state index is 10.7. The maximum Gasteiger partial charge on any atom is 0.166 e. The van der Waals surface area contributed by atoms with Gasteiger partial charge in [-0.25, -0.2) is 0 Å². The first-order chi connectivity index (χ1) is 4.09. The van der Waals surface area contributed by atoms with Crippen molar-refractivity contribution < 1.29 is 15.0 Å². The highest BCUT2D eigenvalue weighted by Gasteiger charge is 2.16. The molecule has 0 spiro atoms. The first-order valence-electron chi connectivity index (χ1n) is 2.92. The number of aliphatic hydroxyl groups is 2. The largest absolute Gasteiger partial charge is 0.393 e. The van der Waals surface area contributed by atoms with Crippen molar-refractivity contribution in [2.75, 3.05) is 6.61 Å². The molecule has 54 valence electrons. The normalized spacial score (nSPS) is 13.9. The van der Waals surface area contributed by atoms with Gasteiger partial charge in [0.05, 0.1) is 6.61 Å². The van der Waals surface area contributed by atoms with E-state index < -0.39 is 12.7 Å². The van der Waals surface area contributed by atoms with Crippen molar-refractivity contribution in [3.05, 3.63) is 0 Å². The van der Waals surface area contributed by atoms with Crippen LogP contribution >= 0.6 is 0 Å². The summed E-state index contributed by atoms with van der Waals surface area (Å²) in [4.78, 5) is 10.7. The van der Waals surface area contributed by atoms with Gasteiger partial charge < -0.3 is 10.2 Å². The Morgan fingerprint density at radius 3 is 2.11 bits per heavy atom. The third-order valence-corrected chi connectivity index (χ3v) is 1.07. The Hall–Kier alpha value is -0.410. The quantitative estimate of drug-likeness (QED) is 0.547. The fourth-order valence-electron chi connectivity index (χ4n) is 0.475. The lowest BCUT2D eigenvalue weighted by Crippen LogP contribution is -2.28. The molecule has 2 N–H and O–H groups in total. The summed E-state index contributed by atoms with van der Waals surface area (Å²) in [6, 6.07) is 0. The minimum absolute atomic E-state index is 0.202. The number of hydrogen-bond acceptors (Lipinski definition) is 3. The van der Waals surface area contributed by atoms with Crippen LogP contribution in [0.2, 0.25) is 0 Å². The molecule has 0 aliphatic heterocycles. The molecule has 0 aromatic carbocycles. The topological polar surface area (TPSA) is 57.5 Å². The maximum atomic E-state index is 10.7. The molecule has 0 aliphatic carbocycles. The van der Waals surface area contributed by atoms with Crippen LogP contribution in [0.15, 0.2) is 0 Å². The highest BCUT2D eigenvalue weighted by atomic mass is 16.3. The van der Waals surface area contributed by atoms with Crippen LogP contribution in [-0.2, 0) is 4.79 Å². The van der Waals surface area contributed by atoms with E-state index in [2.05, 4.69) is 0 Å². The van der Waals surface area contributed by atoms with Crippen molar-refractivity contribution in [2.24, 2.45) is 5.92 Å². The fourth-order valence-corrected chi connectivity index (χ4v) is 0.475. The number of carbonyl (C=O) groups excluding carboxylic acids is 1. The van der Waals surface area contributed by atoms with Gasteiger partial charge in [0.15, 0.2) is 5.78 Å². The molecule has 9 heavy (non-hydrogen) atoms. The second-order valence-corrected chi connectivity index (χ2v) is 2.26. The van der Waals surface area contributed by atoms with E-state index in [1.54, 1.807) is 13.8 Å². The van der Waals surface area contributed by atoms with E-state index in [9.17, 15) is 4.79 Å². The lowest BCUT2D eigenvalue weighted by atomic mass is 10.1. The van der Waals surface area contributed by atoms with Crippen LogP contribution in [-0.4, -0.2) is 28.7 Å². The van der Waals surface area contributed by atoms with Crippen LogP contribution < -0.4 is 0 Å². The minimum Gasteiger partial charge on any atom is -0.393 e. The van der Waals surface area contributed by atoms with E-state index in [0.717, 1.165) is 0 Å². The van der Waals surface area contributed by atoms with Crippen LogP contribution in [0, 0.1) is 5.92 Å². The predicted molar refractivity (Wildman–Crippen MR) is 32.9 cm³/mol. The molecule has 0 rings (SSSR count). The molecule has 0 aliphatic rings. The highest BCUT2D eigenvalue weighted by molar-refractivity contribution is 5.84. The molecule has 1 atom stereocenters. The zero-order valence-electron chi connectivity index (χ0n) is 5.66. The number of aliphatic hydroxyl groups excluding tert-OH is 2. The third kappa shape index (κ3) is 2.58. The molecule has 0 amide bonds. The van der Waals surface area contributed by atoms with Gasteiger partial charge in [0.25, 0.3) is 0 Å². The SMILES string of the molecule is CC(C)C(=O)[C@H](O)CO. The lowest BCUT2D eigenvalue weighted by Gasteiger charge is -2.07. The predicted octanol–water partition coefficient (Wildman–Crippen LogP) is -0.435. The van der Waals surface area contributed by atoms with Gasteiger partial charge >= 0.3 is 0 Å². The molecular formula is C6H12O3. The molecule has 0 bridgehead atoms. The van der Waals surface area contributed by atoms with Gasteiger partial charge in [-0.15, -0.1) is 0 Å². The van der Waals surface area contributed by atoms with Crippen molar-refractivity contribution in [1.29, 1.82) is 0 Å². The van der Waals surface area contributed by atoms with Crippen LogP contribution in [0.1, 0.15) is 13.8 Å². The smallest absolute Gasteiger partial charge is 0.166 e. The van der Waals surface area contributed by atoms with Gasteiger partial charge in [-0.05, 0) is 0 Å². The zero-order valence-corrected chi connectivity index (χ0v) is 5.66. The van der Waals surface area contributed by atoms with Crippen molar-refractivity contribution in [2.45, 2.75) is 20.0 Å². The molecule has 0 saturated carbocycles. The Morgan fingerprint density at radius 1 is 1.56 bits per heavy atom. The molecule has 0 aromatic rings. The van der Waals surface area contributed by atoms with Crippen molar-refractivity contribution in [1.82, 2.24) is 0 Å². The van der Waals surface area contributed by atoms with E-state index in [0.29, 0.717) is 0 Å². The molecule has 3 nitrogen and oxygen atoms in total. The standard InChI is InChI=1S/C6H12O3/c1-4(2)6(9)5(8)3-7/h4-5,7-8H,3H2,1-2H3/t5-/m1/s1. The van der Waals surface area contributed by atoms with Crippen LogP contribution in [0.3, 0.4) is 0 Å². The average molecular weight is 132 g/mol. The number of rotatable bonds is 3. The Balaban J connectivity index is 3.73. The molecule has 0 radical (unpaired) electrons. The summed E-state index contributed by atoms with van der Waals surface area (Å²) >= 11 is 0. The molecule has 0 saturated heterocycles. The summed E-state index contributed by atoms with van der Waals surface area (Å²) in [5, 5.41) is 17.0. The summed E-state index contributed by atoms with van der Waals surface area (Å²) in [5.74, 6) is -0.510. The first-order valence-corrected chi connectivity index (χ1v) is 2.92. The number of hydrogen-bond donors (Lipinski definition) is 2. The van der Waals surface area contributed by atoms with Crippen molar-refractivity contribution in [3.8, 4) is 0 Å². The summed E-state index contributed by atoms with van der Waals surface area (Å²) in [6.45, 7) is 2.89. The summed E-state index contributed by atoms with van der Waals surface area (Å²) in [7, 11) is 0. The molecule has 0 fully saturated rings. The molecular weight excluding hydrogens is 120 g/mol. The molecule has 3 heteroatoms. The third-order valence-electron chi connectivity index (χ3n) is 1.07. The van der Waals surface area contributed by atoms with E-state index >= 15 is 0 Å². The van der Waals surface area contributed by atoms with E-state index in [1.165, 1.54) is 0 Å². The fraction of sp³-hybridized carbons (Fsp3) is 0.833. The van der Waals surface area contributed by atoms with Crippen molar-refractivity contribution >= 4 is 5.78 Å². The summed E-state index contributed by atoms with van der Waals surface area (Å²) in [5.41, 5.74) is 0. The average Bonchev–Trinajstić information content (AvgIpc) is 1.84. The van der Waals surface area contributed by atoms with Crippen LogP contribution in [0.4, 0.5) is 0 Å². The van der Waals surface area contributed by atoms with E-state index in [1.807, 2.05) is 0 Å². The highest BCUT2D eigenvalue weighted by Crippen LogP contribution is 1.97. The van der Waals surface area contributed by atoms with Gasteiger partial charge in [-0.3, -0.25) is 4.79 Å². The first kappa shape index (κ1) is 8.59. The zero-order chi connectivity index (χ0) is 7.44. The van der Waals surface area contributed by atoms with Crippen LogP contribution in [0.25, 0.3) is 0 Å². The lowest BCUT2D eigenvalue weighted by molar-refractivity contribution is -0.131. The van der Waals surface area contributed by atoms with Gasteiger partial charge in [0.1, 0.15) is 6.10 Å². The van der Waals surface area contributed by atoms with Crippen LogP contribution in [0.5, 0.6) is 0 Å². The second-order valence-electron chi connectivity index (χ2n) is 2.26. The molecule has 0 unspecified atom stereocenters. The summed E-state index contributed by atoms with van der Waals surface area (Å²) < 4.78 is 0. The molecule has 0 heterocycles. The summed E-state index contributed by atoms with van der Waals surface area (Å²) in [6.07, 6.45) is -1.19. The van der Waals surface area contributed by atoms with E-state index in [-0.39, 0.29) is 11.7 Å². The number of Topliss-reactive ketones (excluding diaryl/α,β-unsaturated/α-hetero) is 1. The van der Waals surface area contributed by atoms with Crippen molar-refractivity contribution in [3.63, 3.8) is 0 Å². The number of ketones is 1. The monoisotopic (exact) mass is 132 g/mol. The Bertz CT molecular complexity index is 98.5. The van der Waals surface area contributed by atoms with Gasteiger partial charge in [-0.2, -0.15) is 0 Å². The van der Waals surface area contributed by atoms with Gasteiger partial charge in [-0.1, -0.05) is 13.8 Å².